The largest absolute Gasteiger partial charge is 0.494 e. The number of halogens is 3. The van der Waals surface area contributed by atoms with E-state index in [9.17, 15) is 17.2 Å². The average Bonchev–Trinajstić information content (AvgIpc) is 3.35. The Morgan fingerprint density at radius 2 is 1.87 bits per heavy atom. The number of imidazole rings is 1. The van der Waals surface area contributed by atoms with Crippen LogP contribution < -0.4 is 15.4 Å². The van der Waals surface area contributed by atoms with Gasteiger partial charge in [0.05, 0.1) is 23.9 Å². The molecule has 13 heteroatoms. The zero-order valence-corrected chi connectivity index (χ0v) is 22.4. The van der Waals surface area contributed by atoms with Crippen molar-refractivity contribution in [2.75, 3.05) is 38.6 Å². The second kappa shape index (κ2) is 11.2. The molecule has 0 atom stereocenters. The molecule has 0 spiro atoms. The smallest absolute Gasteiger partial charge is 0.243 e. The molecule has 38 heavy (non-hydrogen) atoms. The quantitative estimate of drug-likeness (QED) is 0.350. The Labute approximate surface area is 225 Å². The van der Waals surface area contributed by atoms with Crippen molar-refractivity contribution in [2.45, 2.75) is 18.2 Å². The SMILES string of the molecule is CCc1cc(Nc2nccn3c(-c4ccc(OC)c(F)c4F)cnc23)ccc1S(=O)(=O)N1CCNCC1.Cl. The number of aromatic nitrogens is 3. The van der Waals surface area contributed by atoms with Crippen LogP contribution in [0.15, 0.2) is 53.8 Å². The molecule has 2 aromatic heterocycles. The van der Waals surface area contributed by atoms with Gasteiger partial charge in [-0.05, 0) is 42.3 Å². The highest BCUT2D eigenvalue weighted by Gasteiger charge is 2.28. The van der Waals surface area contributed by atoms with E-state index in [1.54, 1.807) is 28.8 Å². The zero-order valence-electron chi connectivity index (χ0n) is 20.7. The zero-order chi connectivity index (χ0) is 26.2. The monoisotopic (exact) mass is 564 g/mol. The first-order chi connectivity index (χ1) is 17.8. The Hall–Kier alpha value is -3.32. The second-order valence-electron chi connectivity index (χ2n) is 8.51. The summed E-state index contributed by atoms with van der Waals surface area (Å²) in [4.78, 5) is 9.02. The predicted molar refractivity (Wildman–Crippen MR) is 143 cm³/mol. The second-order valence-corrected chi connectivity index (χ2v) is 10.4. The number of rotatable bonds is 7. The van der Waals surface area contributed by atoms with Gasteiger partial charge in [0.25, 0.3) is 0 Å². The number of ether oxygens (including phenoxy) is 1. The van der Waals surface area contributed by atoms with Crippen LogP contribution in [-0.2, 0) is 16.4 Å². The number of aryl methyl sites for hydroxylation is 1. The third kappa shape index (κ3) is 4.92. The number of benzene rings is 2. The number of anilines is 2. The van der Waals surface area contributed by atoms with E-state index in [-0.39, 0.29) is 28.6 Å². The van der Waals surface area contributed by atoms with Gasteiger partial charge in [-0.1, -0.05) is 6.92 Å². The lowest BCUT2D eigenvalue weighted by atomic mass is 10.1. The molecule has 4 aromatic rings. The van der Waals surface area contributed by atoms with E-state index in [4.69, 9.17) is 4.74 Å². The molecular formula is C25H27ClF2N6O3S. The first kappa shape index (κ1) is 27.7. The molecule has 2 aromatic carbocycles. The number of nitrogens with one attached hydrogen (secondary N) is 2. The van der Waals surface area contributed by atoms with Crippen molar-refractivity contribution >= 4 is 39.6 Å². The van der Waals surface area contributed by atoms with Crippen LogP contribution in [-0.4, -0.2) is 60.4 Å². The maximum Gasteiger partial charge on any atom is 0.243 e. The topological polar surface area (TPSA) is 101 Å². The molecule has 0 saturated carbocycles. The van der Waals surface area contributed by atoms with E-state index >= 15 is 0 Å². The predicted octanol–water partition coefficient (Wildman–Crippen LogP) is 4.00. The summed E-state index contributed by atoms with van der Waals surface area (Å²) in [5.74, 6) is -1.93. The summed E-state index contributed by atoms with van der Waals surface area (Å²) in [6.07, 6.45) is 5.07. The summed E-state index contributed by atoms with van der Waals surface area (Å²) in [6, 6.07) is 7.85. The molecule has 0 bridgehead atoms. The van der Waals surface area contributed by atoms with Gasteiger partial charge in [0, 0.05) is 49.8 Å². The van der Waals surface area contributed by atoms with Gasteiger partial charge in [-0.2, -0.15) is 8.70 Å². The molecule has 1 aliphatic heterocycles. The number of methoxy groups -OCH3 is 1. The minimum atomic E-state index is -3.61. The summed E-state index contributed by atoms with van der Waals surface area (Å²) < 4.78 is 63.5. The van der Waals surface area contributed by atoms with Crippen LogP contribution in [0.5, 0.6) is 5.75 Å². The van der Waals surface area contributed by atoms with E-state index in [1.807, 2.05) is 6.92 Å². The molecule has 1 aliphatic rings. The van der Waals surface area contributed by atoms with Crippen LogP contribution in [0.2, 0.25) is 0 Å². The van der Waals surface area contributed by atoms with E-state index in [0.29, 0.717) is 61.0 Å². The molecule has 9 nitrogen and oxygen atoms in total. The van der Waals surface area contributed by atoms with Crippen molar-refractivity contribution in [1.29, 1.82) is 0 Å². The molecule has 1 saturated heterocycles. The molecule has 0 aliphatic carbocycles. The van der Waals surface area contributed by atoms with Crippen LogP contribution in [0.1, 0.15) is 12.5 Å². The third-order valence-electron chi connectivity index (χ3n) is 6.37. The first-order valence-corrected chi connectivity index (χ1v) is 13.2. The first-order valence-electron chi connectivity index (χ1n) is 11.8. The Morgan fingerprint density at radius 1 is 1.11 bits per heavy atom. The number of piperazine rings is 1. The van der Waals surface area contributed by atoms with E-state index in [2.05, 4.69) is 20.6 Å². The van der Waals surface area contributed by atoms with Crippen LogP contribution in [0.25, 0.3) is 16.9 Å². The van der Waals surface area contributed by atoms with Gasteiger partial charge in [-0.3, -0.25) is 4.40 Å². The van der Waals surface area contributed by atoms with Gasteiger partial charge < -0.3 is 15.4 Å². The van der Waals surface area contributed by atoms with E-state index in [1.165, 1.54) is 35.9 Å². The third-order valence-corrected chi connectivity index (χ3v) is 8.37. The minimum Gasteiger partial charge on any atom is -0.494 e. The number of sulfonamides is 1. The van der Waals surface area contributed by atoms with Crippen molar-refractivity contribution < 1.29 is 21.9 Å². The van der Waals surface area contributed by atoms with Crippen molar-refractivity contribution in [1.82, 2.24) is 24.0 Å². The number of nitrogens with zero attached hydrogens (tertiary/aromatic N) is 4. The maximum atomic E-state index is 14.8. The van der Waals surface area contributed by atoms with Gasteiger partial charge in [0.1, 0.15) is 0 Å². The van der Waals surface area contributed by atoms with E-state index in [0.717, 1.165) is 0 Å². The van der Waals surface area contributed by atoms with Crippen LogP contribution in [0, 0.1) is 11.6 Å². The van der Waals surface area contributed by atoms with Crippen LogP contribution in [0.4, 0.5) is 20.3 Å². The fourth-order valence-electron chi connectivity index (χ4n) is 4.44. The number of fused-ring (bicyclic) bond motifs is 1. The highest BCUT2D eigenvalue weighted by Crippen LogP contribution is 2.32. The summed E-state index contributed by atoms with van der Waals surface area (Å²) in [5, 5.41) is 6.35. The molecule has 1 fully saturated rings. The molecule has 0 amide bonds. The van der Waals surface area contributed by atoms with Gasteiger partial charge in [0.2, 0.25) is 15.8 Å². The minimum absolute atomic E-state index is 0. The normalized spacial score (nSPS) is 14.3. The highest BCUT2D eigenvalue weighted by atomic mass is 35.5. The van der Waals surface area contributed by atoms with Gasteiger partial charge in [-0.25, -0.2) is 22.8 Å². The molecule has 5 rings (SSSR count). The standard InChI is InChI=1S/C25H26F2N6O3S.ClH/c1-3-16-14-17(4-7-21(16)37(34,35)32-11-8-28-9-12-32)31-24-25-30-15-19(33(25)13-10-29-24)18-5-6-20(36-2)23(27)22(18)26;/h4-7,10,13-15,28H,3,8-9,11-12H2,1-2H3,(H,29,31);1H. The van der Waals surface area contributed by atoms with Crippen molar-refractivity contribution in [3.05, 3.63) is 66.1 Å². The highest BCUT2D eigenvalue weighted by molar-refractivity contribution is 7.89. The average molecular weight is 565 g/mol. The van der Waals surface area contributed by atoms with Gasteiger partial charge >= 0.3 is 0 Å². The molecule has 202 valence electrons. The molecular weight excluding hydrogens is 538 g/mol. The lowest BCUT2D eigenvalue weighted by Crippen LogP contribution is -2.46. The van der Waals surface area contributed by atoms with E-state index < -0.39 is 21.7 Å². The molecule has 0 unspecified atom stereocenters. The van der Waals surface area contributed by atoms with Crippen molar-refractivity contribution in [3.8, 4) is 17.0 Å². The van der Waals surface area contributed by atoms with Crippen LogP contribution >= 0.6 is 12.4 Å². The summed E-state index contributed by atoms with van der Waals surface area (Å²) in [7, 11) is -2.34. The van der Waals surface area contributed by atoms with Crippen molar-refractivity contribution in [3.63, 3.8) is 0 Å². The summed E-state index contributed by atoms with van der Waals surface area (Å²) in [6.45, 7) is 4.00. The van der Waals surface area contributed by atoms with Crippen LogP contribution in [0.3, 0.4) is 0 Å². The lowest BCUT2D eigenvalue weighted by Gasteiger charge is -2.27. The summed E-state index contributed by atoms with van der Waals surface area (Å²) >= 11 is 0. The Morgan fingerprint density at radius 3 is 2.58 bits per heavy atom. The Kier molecular flexibility index (Phi) is 8.16. The Balaban J connectivity index is 0.00000336. The van der Waals surface area contributed by atoms with Crippen molar-refractivity contribution in [2.24, 2.45) is 0 Å². The molecule has 3 heterocycles. The number of hydrogen-bond acceptors (Lipinski definition) is 7. The van der Waals surface area contributed by atoms with Gasteiger partial charge in [-0.15, -0.1) is 12.4 Å². The summed E-state index contributed by atoms with van der Waals surface area (Å²) in [5.41, 5.74) is 2.06. The fourth-order valence-corrected chi connectivity index (χ4v) is 6.16. The number of hydrogen-bond donors (Lipinski definition) is 2. The fraction of sp³-hybridized carbons (Fsp3) is 0.280. The molecule has 0 radical (unpaired) electrons. The van der Waals surface area contributed by atoms with Gasteiger partial charge in [0.15, 0.2) is 23.0 Å². The lowest BCUT2D eigenvalue weighted by molar-refractivity contribution is 0.360. The Bertz CT molecular complexity index is 1580. The maximum absolute atomic E-state index is 14.8. The molecule has 2 N–H and O–H groups in total.